The molecule has 1 amide bonds. The molecule has 0 saturated carbocycles. The summed E-state index contributed by atoms with van der Waals surface area (Å²) < 4.78 is 81.5. The van der Waals surface area contributed by atoms with Crippen LogP contribution >= 0.6 is 11.6 Å². The molecule has 0 bridgehead atoms. The minimum atomic E-state index is -5.03. The van der Waals surface area contributed by atoms with E-state index >= 15 is 0 Å². The number of nitrogens with zero attached hydrogens (tertiary/aromatic N) is 3. The largest absolute Gasteiger partial charge is 0.466 e. The third kappa shape index (κ3) is 5.15. The Hall–Kier alpha value is -2.94. The SMILES string of the molecule is Cn1c(C(F)(F)F)cc(=O)n(-c2nc(OCC(=O)NS(C)(=O)=O)c(Cl)cc2F)c1=O. The second kappa shape index (κ2) is 8.06. The number of amides is 1. The average molecular weight is 475 g/mol. The molecule has 0 radical (unpaired) electrons. The van der Waals surface area contributed by atoms with Crippen LogP contribution in [0.25, 0.3) is 5.82 Å². The zero-order valence-corrected chi connectivity index (χ0v) is 16.5. The van der Waals surface area contributed by atoms with E-state index in [4.69, 9.17) is 16.3 Å². The maximum atomic E-state index is 14.3. The summed E-state index contributed by atoms with van der Waals surface area (Å²) in [6.45, 7) is -0.954. The topological polar surface area (TPSA) is 129 Å². The van der Waals surface area contributed by atoms with E-state index in [0.717, 1.165) is 0 Å². The number of aromatic nitrogens is 3. The molecule has 0 fully saturated rings. The van der Waals surface area contributed by atoms with Crippen molar-refractivity contribution in [3.63, 3.8) is 0 Å². The molecule has 16 heteroatoms. The Balaban J connectivity index is 2.53. The van der Waals surface area contributed by atoms with Crippen LogP contribution < -0.4 is 20.7 Å². The number of carbonyl (C=O) groups is 1. The lowest BCUT2D eigenvalue weighted by Crippen LogP contribution is -2.41. The van der Waals surface area contributed by atoms with Gasteiger partial charge in [-0.05, 0) is 0 Å². The molecule has 2 aromatic heterocycles. The predicted molar refractivity (Wildman–Crippen MR) is 93.5 cm³/mol. The van der Waals surface area contributed by atoms with Crippen molar-refractivity contribution >= 4 is 27.5 Å². The van der Waals surface area contributed by atoms with Crippen LogP contribution in [0.1, 0.15) is 5.69 Å². The van der Waals surface area contributed by atoms with Gasteiger partial charge >= 0.3 is 11.9 Å². The Morgan fingerprint density at radius 1 is 1.30 bits per heavy atom. The molecular weight excluding hydrogens is 464 g/mol. The van der Waals surface area contributed by atoms with Crippen LogP contribution in [-0.2, 0) is 28.0 Å². The minimum absolute atomic E-state index is 0.00430. The number of rotatable bonds is 5. The predicted octanol–water partition coefficient (Wildman–Crippen LogP) is 0.197. The number of hydrogen-bond donors (Lipinski definition) is 1. The van der Waals surface area contributed by atoms with E-state index in [1.165, 1.54) is 0 Å². The van der Waals surface area contributed by atoms with E-state index in [1.54, 1.807) is 4.72 Å². The molecule has 0 unspecified atom stereocenters. The Morgan fingerprint density at radius 2 is 1.90 bits per heavy atom. The van der Waals surface area contributed by atoms with E-state index in [1.807, 2.05) is 0 Å². The average Bonchev–Trinajstić information content (AvgIpc) is 2.56. The summed E-state index contributed by atoms with van der Waals surface area (Å²) in [5, 5.41) is -0.528. The van der Waals surface area contributed by atoms with Crippen molar-refractivity contribution in [2.24, 2.45) is 7.05 Å². The molecule has 2 aromatic rings. The van der Waals surface area contributed by atoms with Gasteiger partial charge in [-0.1, -0.05) is 11.6 Å². The minimum Gasteiger partial charge on any atom is -0.466 e. The highest BCUT2D eigenvalue weighted by Gasteiger charge is 2.35. The number of hydrogen-bond acceptors (Lipinski definition) is 7. The van der Waals surface area contributed by atoms with Crippen LogP contribution in [0.5, 0.6) is 5.88 Å². The van der Waals surface area contributed by atoms with E-state index < -0.39 is 68.2 Å². The van der Waals surface area contributed by atoms with Crippen LogP contribution in [-0.4, -0.2) is 41.3 Å². The van der Waals surface area contributed by atoms with E-state index in [2.05, 4.69) is 4.98 Å². The Labute approximate surface area is 169 Å². The maximum absolute atomic E-state index is 14.3. The van der Waals surface area contributed by atoms with Gasteiger partial charge in [-0.15, -0.1) is 0 Å². The quantitative estimate of drug-likeness (QED) is 0.613. The van der Waals surface area contributed by atoms with Crippen molar-refractivity contribution < 1.29 is 35.5 Å². The molecule has 164 valence electrons. The molecule has 2 rings (SSSR count). The first kappa shape index (κ1) is 23.3. The molecule has 0 aliphatic carbocycles. The number of alkyl halides is 3. The van der Waals surface area contributed by atoms with Gasteiger partial charge in [0.15, 0.2) is 18.2 Å². The summed E-state index contributed by atoms with van der Waals surface area (Å²) in [6, 6.07) is 0.606. The van der Waals surface area contributed by atoms with Crippen LogP contribution in [0.4, 0.5) is 17.6 Å². The Bertz CT molecular complexity index is 1240. The lowest BCUT2D eigenvalue weighted by Gasteiger charge is -2.14. The molecule has 10 nitrogen and oxygen atoms in total. The summed E-state index contributed by atoms with van der Waals surface area (Å²) in [5.74, 6) is -4.24. The fourth-order valence-electron chi connectivity index (χ4n) is 2.16. The van der Waals surface area contributed by atoms with Gasteiger partial charge in [0, 0.05) is 19.2 Å². The number of nitrogens with one attached hydrogen (secondary N) is 1. The van der Waals surface area contributed by atoms with Crippen molar-refractivity contribution in [3.05, 3.63) is 49.5 Å². The molecule has 0 atom stereocenters. The third-order valence-corrected chi connectivity index (χ3v) is 4.21. The van der Waals surface area contributed by atoms with E-state index in [0.29, 0.717) is 19.4 Å². The first-order chi connectivity index (χ1) is 13.6. The van der Waals surface area contributed by atoms with Crippen molar-refractivity contribution in [2.45, 2.75) is 6.18 Å². The molecule has 0 aliphatic heterocycles. The Morgan fingerprint density at radius 3 is 2.43 bits per heavy atom. The highest BCUT2D eigenvalue weighted by molar-refractivity contribution is 7.89. The van der Waals surface area contributed by atoms with Crippen LogP contribution in [0.3, 0.4) is 0 Å². The summed E-state index contributed by atoms with van der Waals surface area (Å²) in [7, 11) is -3.19. The summed E-state index contributed by atoms with van der Waals surface area (Å²) in [4.78, 5) is 39.3. The molecular formula is C14H11ClF4N4O6S. The molecule has 0 aromatic carbocycles. The second-order valence-corrected chi connectivity index (χ2v) is 7.87. The van der Waals surface area contributed by atoms with Crippen molar-refractivity contribution in [1.82, 2.24) is 18.8 Å². The van der Waals surface area contributed by atoms with Crippen molar-refractivity contribution in [1.29, 1.82) is 0 Å². The molecule has 1 N–H and O–H groups in total. The maximum Gasteiger partial charge on any atom is 0.431 e. The number of pyridine rings is 1. The van der Waals surface area contributed by atoms with Crippen LogP contribution in [0.2, 0.25) is 5.02 Å². The monoisotopic (exact) mass is 474 g/mol. The molecule has 2 heterocycles. The van der Waals surface area contributed by atoms with Gasteiger partial charge in [-0.2, -0.15) is 18.2 Å². The van der Waals surface area contributed by atoms with Gasteiger partial charge in [0.2, 0.25) is 15.9 Å². The lowest BCUT2D eigenvalue weighted by atomic mass is 10.3. The van der Waals surface area contributed by atoms with Gasteiger partial charge < -0.3 is 4.74 Å². The van der Waals surface area contributed by atoms with Crippen molar-refractivity contribution in [2.75, 3.05) is 12.9 Å². The second-order valence-electron chi connectivity index (χ2n) is 5.71. The highest BCUT2D eigenvalue weighted by Crippen LogP contribution is 2.28. The fraction of sp³-hybridized carbons (Fsp3) is 0.286. The molecule has 0 spiro atoms. The smallest absolute Gasteiger partial charge is 0.431 e. The van der Waals surface area contributed by atoms with Gasteiger partial charge in [0.05, 0.1) is 6.26 Å². The fourth-order valence-corrected chi connectivity index (χ4v) is 2.83. The summed E-state index contributed by atoms with van der Waals surface area (Å²) in [6.07, 6.45) is -4.34. The van der Waals surface area contributed by atoms with Crippen molar-refractivity contribution in [3.8, 4) is 11.7 Å². The summed E-state index contributed by atoms with van der Waals surface area (Å²) >= 11 is 5.70. The van der Waals surface area contributed by atoms with Gasteiger partial charge in [-0.3, -0.25) is 18.9 Å². The normalized spacial score (nSPS) is 12.0. The van der Waals surface area contributed by atoms with Gasteiger partial charge in [0.25, 0.3) is 11.5 Å². The number of halogens is 5. The number of carbonyl (C=O) groups excluding carboxylic acids is 1. The van der Waals surface area contributed by atoms with E-state index in [9.17, 15) is 40.4 Å². The number of sulfonamides is 1. The lowest BCUT2D eigenvalue weighted by molar-refractivity contribution is -0.144. The Kier molecular flexibility index (Phi) is 6.27. The zero-order valence-electron chi connectivity index (χ0n) is 15.0. The van der Waals surface area contributed by atoms with E-state index in [-0.39, 0.29) is 15.2 Å². The number of ether oxygens (including phenoxy) is 1. The van der Waals surface area contributed by atoms with Gasteiger partial charge in [0.1, 0.15) is 10.7 Å². The molecule has 0 saturated heterocycles. The van der Waals surface area contributed by atoms with Gasteiger partial charge in [-0.25, -0.2) is 22.2 Å². The zero-order chi connectivity index (χ0) is 23.0. The van der Waals surface area contributed by atoms with Crippen LogP contribution in [0.15, 0.2) is 21.7 Å². The highest BCUT2D eigenvalue weighted by atomic mass is 35.5. The summed E-state index contributed by atoms with van der Waals surface area (Å²) in [5.41, 5.74) is -4.68. The standard InChI is InChI=1S/C14H11ClF4N4O6S/c1-22-8(14(17,18)19)4-10(25)23(13(22)26)11-7(16)3-6(15)12(20-11)29-5-9(24)21-30(2,27)28/h3-4H,5H2,1-2H3,(H,21,24). The molecule has 0 aliphatic rings. The third-order valence-electron chi connectivity index (χ3n) is 3.34. The van der Waals surface area contributed by atoms with Crippen LogP contribution in [0, 0.1) is 5.82 Å². The first-order valence-electron chi connectivity index (χ1n) is 7.52. The molecule has 30 heavy (non-hydrogen) atoms. The first-order valence-corrected chi connectivity index (χ1v) is 9.79.